The van der Waals surface area contributed by atoms with E-state index in [9.17, 15) is 4.39 Å². The highest BCUT2D eigenvalue weighted by atomic mass is 19.1. The molecule has 0 radical (unpaired) electrons. The lowest BCUT2D eigenvalue weighted by Gasteiger charge is -2.03. The van der Waals surface area contributed by atoms with Gasteiger partial charge in [-0.15, -0.1) is 0 Å². The highest BCUT2D eigenvalue weighted by Gasteiger charge is 2.12. The third-order valence-electron chi connectivity index (χ3n) is 2.61. The van der Waals surface area contributed by atoms with Crippen molar-refractivity contribution in [2.24, 2.45) is 0 Å². The molecule has 0 saturated heterocycles. The Morgan fingerprint density at radius 1 is 1.44 bits per heavy atom. The summed E-state index contributed by atoms with van der Waals surface area (Å²) in [5, 5.41) is 0. The van der Waals surface area contributed by atoms with Gasteiger partial charge in [0.2, 0.25) is 0 Å². The van der Waals surface area contributed by atoms with Crippen molar-refractivity contribution in [2.75, 3.05) is 5.73 Å². The Morgan fingerprint density at radius 3 is 2.75 bits per heavy atom. The van der Waals surface area contributed by atoms with E-state index in [1.807, 2.05) is 18.4 Å². The lowest BCUT2D eigenvalue weighted by molar-refractivity contribution is 0.628. The number of aromatic nitrogens is 2. The number of hydrogen-bond donors (Lipinski definition) is 1. The average Bonchev–Trinajstić information content (AvgIpc) is 2.54. The maximum absolute atomic E-state index is 13.1. The van der Waals surface area contributed by atoms with Crippen LogP contribution in [0.2, 0.25) is 0 Å². The lowest BCUT2D eigenvalue weighted by atomic mass is 10.1. The molecule has 0 atom stereocenters. The molecule has 0 amide bonds. The van der Waals surface area contributed by atoms with Gasteiger partial charge in [0.1, 0.15) is 23.2 Å². The SMILES string of the molecule is CCn1c(C)nc(-c2cccc(F)c2)c1N. The molecule has 16 heavy (non-hydrogen) atoms. The van der Waals surface area contributed by atoms with Crippen molar-refractivity contribution >= 4 is 5.82 Å². The Morgan fingerprint density at radius 2 is 2.19 bits per heavy atom. The number of imidazole rings is 1. The second-order valence-electron chi connectivity index (χ2n) is 3.65. The maximum Gasteiger partial charge on any atom is 0.131 e. The second kappa shape index (κ2) is 3.96. The average molecular weight is 219 g/mol. The minimum atomic E-state index is -0.277. The molecule has 0 fully saturated rings. The van der Waals surface area contributed by atoms with E-state index in [0.29, 0.717) is 17.1 Å². The quantitative estimate of drug-likeness (QED) is 0.843. The summed E-state index contributed by atoms with van der Waals surface area (Å²) in [6, 6.07) is 6.31. The van der Waals surface area contributed by atoms with Crippen LogP contribution in [0.3, 0.4) is 0 Å². The molecule has 0 unspecified atom stereocenters. The van der Waals surface area contributed by atoms with E-state index in [4.69, 9.17) is 5.73 Å². The van der Waals surface area contributed by atoms with Crippen LogP contribution in [0.15, 0.2) is 24.3 Å². The second-order valence-corrected chi connectivity index (χ2v) is 3.65. The van der Waals surface area contributed by atoms with E-state index in [1.165, 1.54) is 12.1 Å². The van der Waals surface area contributed by atoms with Crippen molar-refractivity contribution < 1.29 is 4.39 Å². The van der Waals surface area contributed by atoms with Gasteiger partial charge in [0, 0.05) is 12.1 Å². The van der Waals surface area contributed by atoms with Crippen LogP contribution in [0.25, 0.3) is 11.3 Å². The molecule has 0 aliphatic rings. The Bertz CT molecular complexity index is 517. The van der Waals surface area contributed by atoms with Gasteiger partial charge in [-0.3, -0.25) is 0 Å². The first-order valence-electron chi connectivity index (χ1n) is 5.22. The molecular formula is C12H14FN3. The number of anilines is 1. The van der Waals surface area contributed by atoms with Crippen molar-refractivity contribution in [3.8, 4) is 11.3 Å². The molecule has 1 aromatic carbocycles. The normalized spacial score (nSPS) is 10.7. The molecule has 3 nitrogen and oxygen atoms in total. The van der Waals surface area contributed by atoms with Crippen LogP contribution in [0.5, 0.6) is 0 Å². The third-order valence-corrected chi connectivity index (χ3v) is 2.61. The molecule has 0 spiro atoms. The highest BCUT2D eigenvalue weighted by molar-refractivity contribution is 5.70. The summed E-state index contributed by atoms with van der Waals surface area (Å²) in [6.45, 7) is 4.66. The number of benzene rings is 1. The molecule has 2 N–H and O–H groups in total. The molecule has 84 valence electrons. The van der Waals surface area contributed by atoms with E-state index >= 15 is 0 Å². The number of nitrogens with two attached hydrogens (primary N) is 1. The van der Waals surface area contributed by atoms with Gasteiger partial charge in [0.15, 0.2) is 0 Å². The van der Waals surface area contributed by atoms with Crippen molar-refractivity contribution in [1.29, 1.82) is 0 Å². The summed E-state index contributed by atoms with van der Waals surface area (Å²) in [6.07, 6.45) is 0. The van der Waals surface area contributed by atoms with Crippen LogP contribution in [0, 0.1) is 12.7 Å². The number of nitrogen functional groups attached to an aromatic ring is 1. The first-order valence-corrected chi connectivity index (χ1v) is 5.22. The molecular weight excluding hydrogens is 205 g/mol. The predicted octanol–water partition coefficient (Wildman–Crippen LogP) is 2.60. The summed E-state index contributed by atoms with van der Waals surface area (Å²) in [4.78, 5) is 4.36. The smallest absolute Gasteiger partial charge is 0.131 e. The van der Waals surface area contributed by atoms with E-state index in [-0.39, 0.29) is 5.82 Å². The summed E-state index contributed by atoms with van der Waals surface area (Å²) < 4.78 is 15.0. The molecule has 0 aliphatic heterocycles. The van der Waals surface area contributed by atoms with Crippen molar-refractivity contribution in [3.05, 3.63) is 35.9 Å². The van der Waals surface area contributed by atoms with Gasteiger partial charge in [0.25, 0.3) is 0 Å². The molecule has 1 heterocycles. The van der Waals surface area contributed by atoms with E-state index in [1.54, 1.807) is 12.1 Å². The standard InChI is InChI=1S/C12H14FN3/c1-3-16-8(2)15-11(12(16)14)9-5-4-6-10(13)7-9/h4-7H,3,14H2,1-2H3. The van der Waals surface area contributed by atoms with E-state index < -0.39 is 0 Å². The molecule has 2 aromatic rings. The molecule has 1 aromatic heterocycles. The van der Waals surface area contributed by atoms with Gasteiger partial charge in [0.05, 0.1) is 0 Å². The van der Waals surface area contributed by atoms with Gasteiger partial charge in [-0.1, -0.05) is 12.1 Å². The Hall–Kier alpha value is -1.84. The zero-order chi connectivity index (χ0) is 11.7. The minimum absolute atomic E-state index is 0.277. The minimum Gasteiger partial charge on any atom is -0.383 e. The number of rotatable bonds is 2. The van der Waals surface area contributed by atoms with Crippen LogP contribution >= 0.6 is 0 Å². The topological polar surface area (TPSA) is 43.8 Å². The van der Waals surface area contributed by atoms with Crippen LogP contribution in [-0.2, 0) is 6.54 Å². The van der Waals surface area contributed by atoms with Crippen LogP contribution in [0.1, 0.15) is 12.7 Å². The summed E-state index contributed by atoms with van der Waals surface area (Å²) in [5.74, 6) is 1.16. The first-order chi connectivity index (χ1) is 7.63. The Kier molecular flexibility index (Phi) is 2.64. The Labute approximate surface area is 93.7 Å². The molecule has 4 heteroatoms. The zero-order valence-electron chi connectivity index (χ0n) is 9.37. The number of halogens is 1. The van der Waals surface area contributed by atoms with Gasteiger partial charge in [-0.25, -0.2) is 9.37 Å². The lowest BCUT2D eigenvalue weighted by Crippen LogP contribution is -2.02. The summed E-state index contributed by atoms with van der Waals surface area (Å²) >= 11 is 0. The Balaban J connectivity index is 2.56. The monoisotopic (exact) mass is 219 g/mol. The first kappa shape index (κ1) is 10.7. The molecule has 2 rings (SSSR count). The maximum atomic E-state index is 13.1. The van der Waals surface area contributed by atoms with Crippen molar-refractivity contribution in [1.82, 2.24) is 9.55 Å². The summed E-state index contributed by atoms with van der Waals surface area (Å²) in [7, 11) is 0. The van der Waals surface area contributed by atoms with Crippen molar-refractivity contribution in [3.63, 3.8) is 0 Å². The van der Waals surface area contributed by atoms with Crippen LogP contribution in [0.4, 0.5) is 10.2 Å². The number of hydrogen-bond acceptors (Lipinski definition) is 2. The fraction of sp³-hybridized carbons (Fsp3) is 0.250. The van der Waals surface area contributed by atoms with Crippen LogP contribution < -0.4 is 5.73 Å². The zero-order valence-corrected chi connectivity index (χ0v) is 9.37. The molecule has 0 saturated carbocycles. The molecule has 0 aliphatic carbocycles. The van der Waals surface area contributed by atoms with Gasteiger partial charge >= 0.3 is 0 Å². The third kappa shape index (κ3) is 1.66. The van der Waals surface area contributed by atoms with Crippen molar-refractivity contribution in [2.45, 2.75) is 20.4 Å². The van der Waals surface area contributed by atoms with Gasteiger partial charge in [-0.2, -0.15) is 0 Å². The molecule has 0 bridgehead atoms. The number of nitrogens with zero attached hydrogens (tertiary/aromatic N) is 2. The number of aryl methyl sites for hydroxylation is 1. The van der Waals surface area contributed by atoms with Gasteiger partial charge in [-0.05, 0) is 26.0 Å². The predicted molar refractivity (Wildman–Crippen MR) is 62.4 cm³/mol. The highest BCUT2D eigenvalue weighted by Crippen LogP contribution is 2.26. The summed E-state index contributed by atoms with van der Waals surface area (Å²) in [5.41, 5.74) is 7.34. The van der Waals surface area contributed by atoms with Gasteiger partial charge < -0.3 is 10.3 Å². The van der Waals surface area contributed by atoms with E-state index in [0.717, 1.165) is 12.4 Å². The fourth-order valence-electron chi connectivity index (χ4n) is 1.83. The van der Waals surface area contributed by atoms with E-state index in [2.05, 4.69) is 4.98 Å². The van der Waals surface area contributed by atoms with Crippen LogP contribution in [-0.4, -0.2) is 9.55 Å². The largest absolute Gasteiger partial charge is 0.383 e. The fourth-order valence-corrected chi connectivity index (χ4v) is 1.83.